The molecule has 0 radical (unpaired) electrons. The van der Waals surface area contributed by atoms with Gasteiger partial charge in [0.15, 0.2) is 0 Å². The number of likely N-dealkylation sites (tertiary alicyclic amines) is 1. The molecule has 1 unspecified atom stereocenters. The normalized spacial score (nSPS) is 20.4. The van der Waals surface area contributed by atoms with E-state index in [4.69, 9.17) is 15.8 Å². The second-order valence-electron chi connectivity index (χ2n) is 4.65. The average molecular weight is 324 g/mol. The topological polar surface area (TPSA) is 112 Å². The Labute approximate surface area is 119 Å². The van der Waals surface area contributed by atoms with Crippen LogP contribution in [0.4, 0.5) is 0 Å². The first-order valence-corrected chi connectivity index (χ1v) is 8.05. The Morgan fingerprint density at radius 2 is 2.10 bits per heavy atom. The number of aromatic nitrogens is 2. The van der Waals surface area contributed by atoms with Crippen LogP contribution in [-0.4, -0.2) is 48.7 Å². The van der Waals surface area contributed by atoms with Gasteiger partial charge in [0.05, 0.1) is 18.1 Å². The lowest BCUT2D eigenvalue weighted by molar-refractivity contribution is 0.206. The molecular formula is C10H14ClN3O5S. The molecule has 1 aromatic rings. The van der Waals surface area contributed by atoms with Gasteiger partial charge in [-0.3, -0.25) is 18.9 Å². The molecule has 0 saturated carbocycles. The zero-order valence-electron chi connectivity index (χ0n) is 10.7. The summed E-state index contributed by atoms with van der Waals surface area (Å²) in [5, 5.41) is -0.0721. The van der Waals surface area contributed by atoms with Gasteiger partial charge in [-0.2, -0.15) is 8.42 Å². The van der Waals surface area contributed by atoms with Crippen LogP contribution in [0, 0.1) is 0 Å². The van der Waals surface area contributed by atoms with Gasteiger partial charge in [-0.1, -0.05) is 11.6 Å². The standard InChI is InChI=1S/C10H14ClN3O5S/c1-20(17,18)19-6-2-3-14(4-6)5-7-8(11)9(15)13-10(16)12-7/h6H,2-5H2,1H3,(H2,12,13,15,16). The smallest absolute Gasteiger partial charge is 0.308 e. The van der Waals surface area contributed by atoms with Crippen molar-refractivity contribution in [1.82, 2.24) is 14.9 Å². The van der Waals surface area contributed by atoms with E-state index in [9.17, 15) is 18.0 Å². The van der Waals surface area contributed by atoms with Crippen LogP contribution >= 0.6 is 11.6 Å². The second kappa shape index (κ2) is 5.68. The third-order valence-corrected chi connectivity index (χ3v) is 3.90. The maximum atomic E-state index is 11.4. The third kappa shape index (κ3) is 3.92. The van der Waals surface area contributed by atoms with Crippen molar-refractivity contribution in [1.29, 1.82) is 0 Å². The molecule has 8 nitrogen and oxygen atoms in total. The first kappa shape index (κ1) is 15.2. The van der Waals surface area contributed by atoms with E-state index in [0.717, 1.165) is 6.26 Å². The summed E-state index contributed by atoms with van der Waals surface area (Å²) in [6.45, 7) is 1.23. The van der Waals surface area contributed by atoms with Crippen LogP contribution in [0.3, 0.4) is 0 Å². The Hall–Kier alpha value is -1.16. The molecular weight excluding hydrogens is 310 g/mol. The molecule has 2 N–H and O–H groups in total. The van der Waals surface area contributed by atoms with Crippen molar-refractivity contribution in [2.24, 2.45) is 0 Å². The molecule has 0 aromatic carbocycles. The lowest BCUT2D eigenvalue weighted by atomic mass is 10.3. The molecule has 1 fully saturated rings. The van der Waals surface area contributed by atoms with E-state index in [1.54, 1.807) is 0 Å². The molecule has 0 aliphatic carbocycles. The average Bonchev–Trinajstić information content (AvgIpc) is 2.70. The van der Waals surface area contributed by atoms with E-state index in [0.29, 0.717) is 25.2 Å². The molecule has 2 heterocycles. The summed E-state index contributed by atoms with van der Waals surface area (Å²) in [7, 11) is -3.49. The Morgan fingerprint density at radius 1 is 1.40 bits per heavy atom. The molecule has 1 aromatic heterocycles. The third-order valence-electron chi connectivity index (χ3n) is 2.88. The summed E-state index contributed by atoms with van der Waals surface area (Å²) in [5.74, 6) is 0. The highest BCUT2D eigenvalue weighted by Crippen LogP contribution is 2.18. The highest BCUT2D eigenvalue weighted by atomic mass is 35.5. The van der Waals surface area contributed by atoms with E-state index in [1.165, 1.54) is 0 Å². The van der Waals surface area contributed by atoms with Crippen LogP contribution in [0.15, 0.2) is 9.59 Å². The molecule has 10 heteroatoms. The van der Waals surface area contributed by atoms with Crippen LogP contribution < -0.4 is 11.2 Å². The van der Waals surface area contributed by atoms with Crippen LogP contribution in [0.25, 0.3) is 0 Å². The van der Waals surface area contributed by atoms with E-state index in [2.05, 4.69) is 4.98 Å². The first-order valence-electron chi connectivity index (χ1n) is 5.86. The Balaban J connectivity index is 2.06. The Morgan fingerprint density at radius 3 is 2.75 bits per heavy atom. The fourth-order valence-corrected chi connectivity index (χ4v) is 2.92. The summed E-state index contributed by atoms with van der Waals surface area (Å²) < 4.78 is 27.0. The number of hydrogen-bond acceptors (Lipinski definition) is 6. The molecule has 0 spiro atoms. The monoisotopic (exact) mass is 323 g/mol. The van der Waals surface area contributed by atoms with Gasteiger partial charge in [-0.05, 0) is 6.42 Å². The number of nitrogens with zero attached hydrogens (tertiary/aromatic N) is 1. The van der Waals surface area contributed by atoms with Gasteiger partial charge >= 0.3 is 5.69 Å². The van der Waals surface area contributed by atoms with Crippen molar-refractivity contribution in [2.75, 3.05) is 19.3 Å². The van der Waals surface area contributed by atoms with Crippen molar-refractivity contribution in [3.8, 4) is 0 Å². The molecule has 112 valence electrons. The van der Waals surface area contributed by atoms with Crippen molar-refractivity contribution in [3.05, 3.63) is 31.6 Å². The molecule has 20 heavy (non-hydrogen) atoms. The molecule has 0 amide bonds. The quantitative estimate of drug-likeness (QED) is 0.706. The number of rotatable bonds is 4. The van der Waals surface area contributed by atoms with Gasteiger partial charge in [0.2, 0.25) is 0 Å². The van der Waals surface area contributed by atoms with E-state index >= 15 is 0 Å². The lowest BCUT2D eigenvalue weighted by Gasteiger charge is -2.15. The Kier molecular flexibility index (Phi) is 4.33. The van der Waals surface area contributed by atoms with E-state index in [1.807, 2.05) is 9.88 Å². The highest BCUT2D eigenvalue weighted by Gasteiger charge is 2.27. The zero-order valence-corrected chi connectivity index (χ0v) is 12.3. The molecule has 1 aliphatic heterocycles. The minimum absolute atomic E-state index is 0.0721. The fraction of sp³-hybridized carbons (Fsp3) is 0.600. The van der Waals surface area contributed by atoms with Crippen molar-refractivity contribution >= 4 is 21.7 Å². The first-order chi connectivity index (χ1) is 9.24. The van der Waals surface area contributed by atoms with Gasteiger partial charge in [0.25, 0.3) is 15.7 Å². The number of hydrogen-bond donors (Lipinski definition) is 2. The van der Waals surface area contributed by atoms with Gasteiger partial charge in [0.1, 0.15) is 5.02 Å². The number of H-pyrrole nitrogens is 2. The summed E-state index contributed by atoms with van der Waals surface area (Å²) in [5.41, 5.74) is -0.966. The van der Waals surface area contributed by atoms with Crippen LogP contribution in [0.1, 0.15) is 12.1 Å². The SMILES string of the molecule is CS(=O)(=O)OC1CCN(Cc2[nH]c(=O)[nH]c(=O)c2Cl)C1. The summed E-state index contributed by atoms with van der Waals surface area (Å²) >= 11 is 5.82. The number of halogens is 1. The van der Waals surface area contributed by atoms with Crippen LogP contribution in [0.2, 0.25) is 5.02 Å². The van der Waals surface area contributed by atoms with Crippen molar-refractivity contribution in [3.63, 3.8) is 0 Å². The fourth-order valence-electron chi connectivity index (χ4n) is 2.12. The zero-order chi connectivity index (χ0) is 14.9. The van der Waals surface area contributed by atoms with Gasteiger partial charge < -0.3 is 4.98 Å². The van der Waals surface area contributed by atoms with Crippen molar-refractivity contribution < 1.29 is 12.6 Å². The van der Waals surface area contributed by atoms with E-state index in [-0.39, 0.29) is 11.6 Å². The largest absolute Gasteiger partial charge is 0.326 e. The van der Waals surface area contributed by atoms with Crippen LogP contribution in [-0.2, 0) is 20.8 Å². The van der Waals surface area contributed by atoms with Crippen LogP contribution in [0.5, 0.6) is 0 Å². The van der Waals surface area contributed by atoms with Gasteiger partial charge in [-0.25, -0.2) is 4.79 Å². The molecule has 1 aliphatic rings. The molecule has 1 saturated heterocycles. The molecule has 0 bridgehead atoms. The molecule has 2 rings (SSSR count). The van der Waals surface area contributed by atoms with E-state index < -0.39 is 27.5 Å². The summed E-state index contributed by atoms with van der Waals surface area (Å²) in [6.07, 6.45) is 1.14. The highest BCUT2D eigenvalue weighted by molar-refractivity contribution is 7.86. The second-order valence-corrected chi connectivity index (χ2v) is 6.63. The maximum Gasteiger partial charge on any atom is 0.326 e. The van der Waals surface area contributed by atoms with Crippen molar-refractivity contribution in [2.45, 2.75) is 19.1 Å². The summed E-state index contributed by atoms with van der Waals surface area (Å²) in [6, 6.07) is 0. The minimum Gasteiger partial charge on any atom is -0.308 e. The lowest BCUT2D eigenvalue weighted by Crippen LogP contribution is -2.29. The number of aromatic amines is 2. The summed E-state index contributed by atoms with van der Waals surface area (Å²) in [4.78, 5) is 28.9. The number of nitrogens with one attached hydrogen (secondary N) is 2. The maximum absolute atomic E-state index is 11.4. The molecule has 1 atom stereocenters. The predicted molar refractivity (Wildman–Crippen MR) is 72.3 cm³/mol. The van der Waals surface area contributed by atoms with Gasteiger partial charge in [-0.15, -0.1) is 0 Å². The predicted octanol–water partition coefficient (Wildman–Crippen LogP) is -0.733. The van der Waals surface area contributed by atoms with Gasteiger partial charge in [0, 0.05) is 19.6 Å². The minimum atomic E-state index is -3.49. The Bertz CT molecular complexity index is 710.